The summed E-state index contributed by atoms with van der Waals surface area (Å²) in [4.78, 5) is 0. The molecule has 116 valence electrons. The number of anilines is 2. The smallest absolute Gasteiger partial charge is 0.155 e. The molecule has 2 fully saturated rings. The largest absolute Gasteiger partial charge is 0.371 e. The molecule has 4 rings (SSSR count). The molecule has 1 saturated heterocycles. The van der Waals surface area contributed by atoms with Crippen molar-refractivity contribution in [3.8, 4) is 0 Å². The number of benzene rings is 1. The molecule has 1 aliphatic heterocycles. The molecule has 0 radical (unpaired) electrons. The van der Waals surface area contributed by atoms with Gasteiger partial charge in [0, 0.05) is 30.5 Å². The Morgan fingerprint density at radius 1 is 1.23 bits per heavy atom. The third kappa shape index (κ3) is 3.15. The van der Waals surface area contributed by atoms with Gasteiger partial charge in [-0.05, 0) is 42.9 Å². The van der Waals surface area contributed by atoms with Crippen LogP contribution in [-0.2, 0) is 11.2 Å². The lowest BCUT2D eigenvalue weighted by Crippen LogP contribution is -2.33. The Kier molecular flexibility index (Phi) is 3.83. The first kappa shape index (κ1) is 13.8. The van der Waals surface area contributed by atoms with Crippen LogP contribution >= 0.6 is 0 Å². The van der Waals surface area contributed by atoms with E-state index in [0.717, 1.165) is 43.5 Å². The van der Waals surface area contributed by atoms with E-state index in [0.29, 0.717) is 0 Å². The van der Waals surface area contributed by atoms with Gasteiger partial charge in [0.15, 0.2) is 5.82 Å². The predicted octanol–water partition coefficient (Wildman–Crippen LogP) is 2.77. The molecule has 1 aromatic heterocycles. The summed E-state index contributed by atoms with van der Waals surface area (Å²) in [5.41, 5.74) is 3.57. The molecule has 2 heterocycles. The third-order valence-corrected chi connectivity index (χ3v) is 4.40. The third-order valence-electron chi connectivity index (χ3n) is 4.40. The summed E-state index contributed by atoms with van der Waals surface area (Å²) >= 11 is 0. The molecular weight excluding hydrogens is 276 g/mol. The SMILES string of the molecule is c1cc(C2CNCCO2)ccc1Nc1n[nH]cc1CC1CC1. The van der Waals surface area contributed by atoms with Crippen LogP contribution in [0.5, 0.6) is 0 Å². The summed E-state index contributed by atoms with van der Waals surface area (Å²) < 4.78 is 5.78. The summed E-state index contributed by atoms with van der Waals surface area (Å²) in [6, 6.07) is 8.46. The zero-order valence-corrected chi connectivity index (χ0v) is 12.6. The maximum absolute atomic E-state index is 5.78. The molecule has 0 spiro atoms. The van der Waals surface area contributed by atoms with E-state index < -0.39 is 0 Å². The van der Waals surface area contributed by atoms with E-state index in [2.05, 4.69) is 45.1 Å². The number of hydrogen-bond donors (Lipinski definition) is 3. The highest BCUT2D eigenvalue weighted by Gasteiger charge is 2.23. The van der Waals surface area contributed by atoms with Gasteiger partial charge < -0.3 is 15.4 Å². The molecule has 2 aromatic rings. The second kappa shape index (κ2) is 6.10. The van der Waals surface area contributed by atoms with Crippen molar-refractivity contribution in [3.63, 3.8) is 0 Å². The number of morpholine rings is 1. The quantitative estimate of drug-likeness (QED) is 0.794. The normalized spacial score (nSPS) is 21.7. The van der Waals surface area contributed by atoms with Crippen molar-refractivity contribution in [2.45, 2.75) is 25.4 Å². The zero-order chi connectivity index (χ0) is 14.8. The Labute approximate surface area is 130 Å². The van der Waals surface area contributed by atoms with E-state index in [1.807, 2.05) is 6.20 Å². The molecule has 1 saturated carbocycles. The lowest BCUT2D eigenvalue weighted by Gasteiger charge is -2.24. The molecule has 22 heavy (non-hydrogen) atoms. The summed E-state index contributed by atoms with van der Waals surface area (Å²) in [6.07, 6.45) is 6.01. The summed E-state index contributed by atoms with van der Waals surface area (Å²) in [5, 5.41) is 14.1. The van der Waals surface area contributed by atoms with Gasteiger partial charge in [0.25, 0.3) is 0 Å². The zero-order valence-electron chi connectivity index (χ0n) is 12.6. The molecule has 1 aromatic carbocycles. The lowest BCUT2D eigenvalue weighted by atomic mass is 10.1. The van der Waals surface area contributed by atoms with Gasteiger partial charge in [0.2, 0.25) is 0 Å². The first-order valence-electron chi connectivity index (χ1n) is 8.10. The fraction of sp³-hybridized carbons (Fsp3) is 0.471. The standard InChI is InChI=1S/C17H22N4O/c1-2-12(1)9-14-10-19-21-17(14)20-15-5-3-13(4-6-15)16-11-18-7-8-22-16/h3-6,10,12,16,18H,1-2,7-9,11H2,(H2,19,20,21). The molecule has 0 bridgehead atoms. The summed E-state index contributed by atoms with van der Waals surface area (Å²) in [7, 11) is 0. The van der Waals surface area contributed by atoms with E-state index in [1.54, 1.807) is 0 Å². The van der Waals surface area contributed by atoms with Crippen LogP contribution in [-0.4, -0.2) is 29.9 Å². The Morgan fingerprint density at radius 2 is 2.09 bits per heavy atom. The highest BCUT2D eigenvalue weighted by Crippen LogP contribution is 2.34. The van der Waals surface area contributed by atoms with Crippen molar-refractivity contribution in [1.29, 1.82) is 0 Å². The predicted molar refractivity (Wildman–Crippen MR) is 86.3 cm³/mol. The maximum atomic E-state index is 5.78. The molecule has 0 amide bonds. The van der Waals surface area contributed by atoms with E-state index in [1.165, 1.54) is 24.0 Å². The molecule has 1 atom stereocenters. The second-order valence-electron chi connectivity index (χ2n) is 6.22. The van der Waals surface area contributed by atoms with E-state index in [-0.39, 0.29) is 6.10 Å². The Bertz CT molecular complexity index is 612. The number of ether oxygens (including phenoxy) is 1. The van der Waals surface area contributed by atoms with Crippen LogP contribution in [0.15, 0.2) is 30.5 Å². The van der Waals surface area contributed by atoms with Gasteiger partial charge in [-0.15, -0.1) is 0 Å². The maximum Gasteiger partial charge on any atom is 0.155 e. The molecule has 5 nitrogen and oxygen atoms in total. The van der Waals surface area contributed by atoms with Crippen molar-refractivity contribution >= 4 is 11.5 Å². The highest BCUT2D eigenvalue weighted by atomic mass is 16.5. The number of hydrogen-bond acceptors (Lipinski definition) is 4. The minimum atomic E-state index is 0.165. The van der Waals surface area contributed by atoms with Gasteiger partial charge in [-0.3, -0.25) is 5.10 Å². The van der Waals surface area contributed by atoms with E-state index in [4.69, 9.17) is 4.74 Å². The number of nitrogens with zero attached hydrogens (tertiary/aromatic N) is 1. The number of aromatic amines is 1. The van der Waals surface area contributed by atoms with Crippen LogP contribution < -0.4 is 10.6 Å². The fourth-order valence-corrected chi connectivity index (χ4v) is 2.91. The average Bonchev–Trinajstić information content (AvgIpc) is 3.29. The molecular formula is C17H22N4O. The van der Waals surface area contributed by atoms with Gasteiger partial charge in [0.05, 0.1) is 12.7 Å². The summed E-state index contributed by atoms with van der Waals surface area (Å²) in [5.74, 6) is 1.81. The lowest BCUT2D eigenvalue weighted by molar-refractivity contribution is 0.0277. The van der Waals surface area contributed by atoms with Crippen molar-refractivity contribution in [1.82, 2.24) is 15.5 Å². The average molecular weight is 298 g/mol. The Balaban J connectivity index is 1.43. The Morgan fingerprint density at radius 3 is 2.82 bits per heavy atom. The van der Waals surface area contributed by atoms with Gasteiger partial charge in [0.1, 0.15) is 0 Å². The van der Waals surface area contributed by atoms with Crippen LogP contribution in [0.25, 0.3) is 0 Å². The fourth-order valence-electron chi connectivity index (χ4n) is 2.91. The highest BCUT2D eigenvalue weighted by molar-refractivity contribution is 5.59. The minimum Gasteiger partial charge on any atom is -0.371 e. The van der Waals surface area contributed by atoms with Crippen LogP contribution in [0.3, 0.4) is 0 Å². The van der Waals surface area contributed by atoms with Crippen LogP contribution in [0.2, 0.25) is 0 Å². The van der Waals surface area contributed by atoms with E-state index in [9.17, 15) is 0 Å². The van der Waals surface area contributed by atoms with Gasteiger partial charge in [-0.25, -0.2) is 0 Å². The first-order valence-corrected chi connectivity index (χ1v) is 8.10. The molecule has 3 N–H and O–H groups in total. The Hall–Kier alpha value is -1.85. The van der Waals surface area contributed by atoms with Crippen LogP contribution in [0.1, 0.15) is 30.1 Å². The molecule has 1 aliphatic carbocycles. The number of aromatic nitrogens is 2. The monoisotopic (exact) mass is 298 g/mol. The van der Waals surface area contributed by atoms with Crippen molar-refractivity contribution in [3.05, 3.63) is 41.6 Å². The number of nitrogens with one attached hydrogen (secondary N) is 3. The van der Waals surface area contributed by atoms with Crippen molar-refractivity contribution in [2.75, 3.05) is 25.0 Å². The van der Waals surface area contributed by atoms with Gasteiger partial charge in [-0.1, -0.05) is 12.1 Å². The topological polar surface area (TPSA) is 62.0 Å². The molecule has 1 unspecified atom stereocenters. The molecule has 2 aliphatic rings. The van der Waals surface area contributed by atoms with Crippen molar-refractivity contribution < 1.29 is 4.74 Å². The second-order valence-corrected chi connectivity index (χ2v) is 6.22. The first-order chi connectivity index (χ1) is 10.9. The number of H-pyrrole nitrogens is 1. The van der Waals surface area contributed by atoms with Gasteiger partial charge in [-0.2, -0.15) is 5.10 Å². The van der Waals surface area contributed by atoms with Gasteiger partial charge >= 0.3 is 0 Å². The van der Waals surface area contributed by atoms with Crippen LogP contribution in [0.4, 0.5) is 11.5 Å². The van der Waals surface area contributed by atoms with Crippen molar-refractivity contribution in [2.24, 2.45) is 5.92 Å². The van der Waals surface area contributed by atoms with E-state index >= 15 is 0 Å². The van der Waals surface area contributed by atoms with Crippen LogP contribution in [0, 0.1) is 5.92 Å². The molecule has 5 heteroatoms. The summed E-state index contributed by atoms with van der Waals surface area (Å²) in [6.45, 7) is 2.61. The minimum absolute atomic E-state index is 0.165. The number of rotatable bonds is 5.